The van der Waals surface area contributed by atoms with Gasteiger partial charge < -0.3 is 16.0 Å². The number of hydrogen-bond donors (Lipinski definition) is 2. The number of rotatable bonds is 5. The van der Waals surface area contributed by atoms with Gasteiger partial charge in [0.1, 0.15) is 5.82 Å². The molecule has 1 amide bonds. The van der Waals surface area contributed by atoms with Crippen molar-refractivity contribution >= 4 is 23.4 Å². The number of aromatic nitrogens is 2. The lowest BCUT2D eigenvalue weighted by Gasteiger charge is -2.27. The first kappa shape index (κ1) is 15.3. The number of nitrogens with two attached hydrogens (primary N) is 1. The summed E-state index contributed by atoms with van der Waals surface area (Å²) in [4.78, 5) is 22.2. The highest BCUT2D eigenvalue weighted by atomic mass is 16.1. The molecule has 0 unspecified atom stereocenters. The highest BCUT2D eigenvalue weighted by molar-refractivity contribution is 5.77. The maximum atomic E-state index is 11.0. The maximum absolute atomic E-state index is 11.0. The Morgan fingerprint density at radius 2 is 2.04 bits per heavy atom. The van der Waals surface area contributed by atoms with Crippen molar-refractivity contribution in [1.29, 1.82) is 0 Å². The molecule has 0 bridgehead atoms. The minimum absolute atomic E-state index is 0.226. The minimum Gasteiger partial charge on any atom is -0.369 e. The van der Waals surface area contributed by atoms with Crippen LogP contribution in [0.2, 0.25) is 0 Å². The molecule has 1 saturated heterocycles. The van der Waals surface area contributed by atoms with Gasteiger partial charge in [0.2, 0.25) is 11.9 Å². The number of primary amides is 1. The third kappa shape index (κ3) is 4.18. The molecule has 120 valence electrons. The van der Waals surface area contributed by atoms with E-state index in [0.717, 1.165) is 30.2 Å². The predicted octanol–water partition coefficient (Wildman–Crippen LogP) is 2.24. The Kier molecular flexibility index (Phi) is 4.71. The van der Waals surface area contributed by atoms with Crippen molar-refractivity contribution in [3.05, 3.63) is 42.1 Å². The minimum atomic E-state index is -0.342. The number of carbonyl (C=O) groups excluding carboxylic acids is 1. The fourth-order valence-corrected chi connectivity index (χ4v) is 2.80. The van der Waals surface area contributed by atoms with Gasteiger partial charge in [0.15, 0.2) is 0 Å². The van der Waals surface area contributed by atoms with E-state index in [2.05, 4.69) is 20.2 Å². The van der Waals surface area contributed by atoms with E-state index in [-0.39, 0.29) is 12.3 Å². The molecule has 3 N–H and O–H groups in total. The Morgan fingerprint density at radius 1 is 1.22 bits per heavy atom. The van der Waals surface area contributed by atoms with Gasteiger partial charge in [0, 0.05) is 25.0 Å². The molecule has 1 aliphatic heterocycles. The molecule has 0 spiro atoms. The number of nitrogens with one attached hydrogen (secondary N) is 1. The first-order valence-corrected chi connectivity index (χ1v) is 7.93. The Hall–Kier alpha value is -2.63. The highest BCUT2D eigenvalue weighted by Crippen LogP contribution is 2.20. The van der Waals surface area contributed by atoms with E-state index in [4.69, 9.17) is 5.73 Å². The Labute approximate surface area is 135 Å². The third-order valence-electron chi connectivity index (χ3n) is 3.88. The first-order valence-electron chi connectivity index (χ1n) is 7.93. The molecule has 3 rings (SSSR count). The van der Waals surface area contributed by atoms with Crippen LogP contribution in [0.5, 0.6) is 0 Å². The van der Waals surface area contributed by atoms with Crippen LogP contribution >= 0.6 is 0 Å². The molecule has 0 saturated carbocycles. The summed E-state index contributed by atoms with van der Waals surface area (Å²) < 4.78 is 0. The van der Waals surface area contributed by atoms with Crippen LogP contribution in [0, 0.1) is 0 Å². The number of anilines is 3. The van der Waals surface area contributed by atoms with E-state index in [1.807, 2.05) is 30.3 Å². The topological polar surface area (TPSA) is 84.1 Å². The molecule has 6 nitrogen and oxygen atoms in total. The second-order valence-corrected chi connectivity index (χ2v) is 5.75. The standard InChI is InChI=1S/C17H21N5O/c18-15(23)12-13-5-4-6-14(11-13)20-17-19-8-7-16(21-17)22-9-2-1-3-10-22/h4-8,11H,1-3,9-10,12H2,(H2,18,23)(H,19,20,21). The summed E-state index contributed by atoms with van der Waals surface area (Å²) in [6.45, 7) is 2.09. The summed E-state index contributed by atoms with van der Waals surface area (Å²) in [5, 5.41) is 3.20. The molecule has 0 atom stereocenters. The van der Waals surface area contributed by atoms with E-state index in [9.17, 15) is 4.79 Å². The summed E-state index contributed by atoms with van der Waals surface area (Å²) in [5.74, 6) is 1.17. The van der Waals surface area contributed by atoms with Gasteiger partial charge in [-0.2, -0.15) is 4.98 Å². The zero-order valence-corrected chi connectivity index (χ0v) is 13.0. The summed E-state index contributed by atoms with van der Waals surface area (Å²) in [6.07, 6.45) is 5.71. The lowest BCUT2D eigenvalue weighted by molar-refractivity contribution is -0.117. The van der Waals surface area contributed by atoms with Crippen molar-refractivity contribution in [2.24, 2.45) is 5.73 Å². The largest absolute Gasteiger partial charge is 0.369 e. The zero-order valence-electron chi connectivity index (χ0n) is 13.0. The van der Waals surface area contributed by atoms with Crippen LogP contribution in [-0.4, -0.2) is 29.0 Å². The van der Waals surface area contributed by atoms with E-state index in [1.54, 1.807) is 6.20 Å². The fraction of sp³-hybridized carbons (Fsp3) is 0.353. The van der Waals surface area contributed by atoms with Gasteiger partial charge in [-0.15, -0.1) is 0 Å². The summed E-state index contributed by atoms with van der Waals surface area (Å²) in [6, 6.07) is 9.51. The summed E-state index contributed by atoms with van der Waals surface area (Å²) >= 11 is 0. The van der Waals surface area contributed by atoms with Crippen LogP contribution in [0.4, 0.5) is 17.5 Å². The molecule has 1 aromatic heterocycles. The van der Waals surface area contributed by atoms with E-state index < -0.39 is 0 Å². The molecule has 2 aromatic rings. The van der Waals surface area contributed by atoms with Gasteiger partial charge in [-0.05, 0) is 43.0 Å². The van der Waals surface area contributed by atoms with Crippen LogP contribution in [-0.2, 0) is 11.2 Å². The number of amides is 1. The number of hydrogen-bond acceptors (Lipinski definition) is 5. The van der Waals surface area contributed by atoms with Crippen LogP contribution in [0.3, 0.4) is 0 Å². The van der Waals surface area contributed by atoms with Crippen molar-refractivity contribution in [3.8, 4) is 0 Å². The lowest BCUT2D eigenvalue weighted by Crippen LogP contribution is -2.30. The average Bonchev–Trinajstić information content (AvgIpc) is 2.56. The fourth-order valence-electron chi connectivity index (χ4n) is 2.80. The lowest BCUT2D eigenvalue weighted by atomic mass is 10.1. The van der Waals surface area contributed by atoms with Crippen LogP contribution in [0.25, 0.3) is 0 Å². The number of benzene rings is 1. The average molecular weight is 311 g/mol. The van der Waals surface area contributed by atoms with E-state index in [0.29, 0.717) is 5.95 Å². The Morgan fingerprint density at radius 3 is 2.83 bits per heavy atom. The zero-order chi connectivity index (χ0) is 16.1. The quantitative estimate of drug-likeness (QED) is 0.884. The molecular weight excluding hydrogens is 290 g/mol. The molecule has 2 heterocycles. The normalized spacial score (nSPS) is 14.5. The van der Waals surface area contributed by atoms with Crippen LogP contribution in [0.15, 0.2) is 36.5 Å². The van der Waals surface area contributed by atoms with Gasteiger partial charge in [-0.25, -0.2) is 4.98 Å². The number of carbonyl (C=O) groups is 1. The summed E-state index contributed by atoms with van der Waals surface area (Å²) in [7, 11) is 0. The number of piperidine rings is 1. The van der Waals surface area contributed by atoms with Crippen molar-refractivity contribution in [2.75, 3.05) is 23.3 Å². The van der Waals surface area contributed by atoms with Gasteiger partial charge in [0.25, 0.3) is 0 Å². The second-order valence-electron chi connectivity index (χ2n) is 5.75. The predicted molar refractivity (Wildman–Crippen MR) is 90.7 cm³/mol. The van der Waals surface area contributed by atoms with Crippen molar-refractivity contribution in [1.82, 2.24) is 9.97 Å². The molecule has 0 radical (unpaired) electrons. The molecule has 6 heteroatoms. The van der Waals surface area contributed by atoms with E-state index in [1.165, 1.54) is 19.3 Å². The number of nitrogens with zero attached hydrogens (tertiary/aromatic N) is 3. The Bertz CT molecular complexity index is 682. The molecule has 1 aromatic carbocycles. The second kappa shape index (κ2) is 7.09. The smallest absolute Gasteiger partial charge is 0.229 e. The van der Waals surface area contributed by atoms with Crippen LogP contribution in [0.1, 0.15) is 24.8 Å². The van der Waals surface area contributed by atoms with Gasteiger partial charge in [-0.1, -0.05) is 12.1 Å². The summed E-state index contributed by atoms with van der Waals surface area (Å²) in [5.41, 5.74) is 6.96. The molecule has 1 fully saturated rings. The van der Waals surface area contributed by atoms with Gasteiger partial charge >= 0.3 is 0 Å². The van der Waals surface area contributed by atoms with Crippen molar-refractivity contribution < 1.29 is 4.79 Å². The van der Waals surface area contributed by atoms with Gasteiger partial charge in [-0.3, -0.25) is 4.79 Å². The van der Waals surface area contributed by atoms with Crippen molar-refractivity contribution in [3.63, 3.8) is 0 Å². The third-order valence-corrected chi connectivity index (χ3v) is 3.88. The molecular formula is C17H21N5O. The molecule has 0 aliphatic carbocycles. The molecule has 1 aliphatic rings. The highest BCUT2D eigenvalue weighted by Gasteiger charge is 2.12. The SMILES string of the molecule is NC(=O)Cc1cccc(Nc2nccc(N3CCCCC3)n2)c1. The molecule has 23 heavy (non-hydrogen) atoms. The van der Waals surface area contributed by atoms with Crippen molar-refractivity contribution in [2.45, 2.75) is 25.7 Å². The monoisotopic (exact) mass is 311 g/mol. The van der Waals surface area contributed by atoms with Crippen LogP contribution < -0.4 is 16.0 Å². The maximum Gasteiger partial charge on any atom is 0.229 e. The van der Waals surface area contributed by atoms with E-state index >= 15 is 0 Å². The van der Waals surface area contributed by atoms with Gasteiger partial charge in [0.05, 0.1) is 6.42 Å². The first-order chi connectivity index (χ1) is 11.2. The Balaban J connectivity index is 1.73.